The van der Waals surface area contributed by atoms with Crippen LogP contribution in [-0.2, 0) is 16.6 Å². The molecule has 0 aliphatic carbocycles. The molecule has 0 aliphatic heterocycles. The number of benzene rings is 2. The molecule has 0 amide bonds. The second kappa shape index (κ2) is 10.8. The first-order chi connectivity index (χ1) is 12.6. The van der Waals surface area contributed by atoms with Crippen molar-refractivity contribution in [1.29, 1.82) is 0 Å². The maximum absolute atomic E-state index is 12.2. The van der Waals surface area contributed by atoms with E-state index in [1.54, 1.807) is 7.05 Å². The first-order valence-corrected chi connectivity index (χ1v) is 10.5. The summed E-state index contributed by atoms with van der Waals surface area (Å²) < 4.78 is 12.2. The van der Waals surface area contributed by atoms with Crippen LogP contribution in [0.2, 0.25) is 0 Å². The molecule has 0 radical (unpaired) electrons. The molecule has 2 unspecified atom stereocenters. The predicted molar refractivity (Wildman–Crippen MR) is 112 cm³/mol. The highest BCUT2D eigenvalue weighted by Gasteiger charge is 2.07. The van der Waals surface area contributed by atoms with E-state index in [1.165, 1.54) is 11.1 Å². The molecule has 0 aliphatic rings. The minimum Gasteiger partial charge on any atom is -0.356 e. The first kappa shape index (κ1) is 20.2. The van der Waals surface area contributed by atoms with Crippen LogP contribution in [0.4, 0.5) is 0 Å². The van der Waals surface area contributed by atoms with Gasteiger partial charge in [0.05, 0.1) is 0 Å². The molecule has 2 N–H and O–H groups in total. The van der Waals surface area contributed by atoms with Crippen molar-refractivity contribution < 1.29 is 4.21 Å². The molecule has 0 spiro atoms. The van der Waals surface area contributed by atoms with Crippen LogP contribution in [0.5, 0.6) is 0 Å². The Balaban J connectivity index is 1.71. The van der Waals surface area contributed by atoms with Crippen molar-refractivity contribution in [3.05, 3.63) is 71.3 Å². The number of nitrogens with one attached hydrogen (secondary N) is 2. The molecular formula is C21H29N3OS. The SMILES string of the molecule is CN=C(NCCS(=O)Cc1ccccc1)NCC(C)c1cccc(C)c1. The highest BCUT2D eigenvalue weighted by Crippen LogP contribution is 2.15. The highest BCUT2D eigenvalue weighted by molar-refractivity contribution is 7.84. The Hall–Kier alpha value is -2.14. The van der Waals surface area contributed by atoms with Gasteiger partial charge in [0, 0.05) is 42.4 Å². The maximum Gasteiger partial charge on any atom is 0.191 e. The third-order valence-corrected chi connectivity index (χ3v) is 5.52. The summed E-state index contributed by atoms with van der Waals surface area (Å²) in [5.74, 6) is 2.34. The first-order valence-electron chi connectivity index (χ1n) is 8.98. The average molecular weight is 372 g/mol. The minimum atomic E-state index is -0.880. The summed E-state index contributed by atoms with van der Waals surface area (Å²) >= 11 is 0. The Labute approximate surface area is 159 Å². The predicted octanol–water partition coefficient (Wildman–Crippen LogP) is 3.21. The largest absolute Gasteiger partial charge is 0.356 e. The van der Waals surface area contributed by atoms with Gasteiger partial charge < -0.3 is 10.6 Å². The Morgan fingerprint density at radius 2 is 1.88 bits per heavy atom. The lowest BCUT2D eigenvalue weighted by molar-refractivity contribution is 0.679. The zero-order valence-corrected chi connectivity index (χ0v) is 16.7. The Kier molecular flexibility index (Phi) is 8.35. The zero-order chi connectivity index (χ0) is 18.8. The van der Waals surface area contributed by atoms with Crippen molar-refractivity contribution >= 4 is 16.8 Å². The van der Waals surface area contributed by atoms with Crippen molar-refractivity contribution in [2.45, 2.75) is 25.5 Å². The summed E-state index contributed by atoms with van der Waals surface area (Å²) in [5.41, 5.74) is 3.70. The van der Waals surface area contributed by atoms with E-state index >= 15 is 0 Å². The molecule has 0 heterocycles. The van der Waals surface area contributed by atoms with Gasteiger partial charge in [0.25, 0.3) is 0 Å². The van der Waals surface area contributed by atoms with Crippen LogP contribution in [0.15, 0.2) is 59.6 Å². The molecule has 2 atom stereocenters. The second-order valence-electron chi connectivity index (χ2n) is 6.47. The molecule has 140 valence electrons. The van der Waals surface area contributed by atoms with Crippen molar-refractivity contribution in [3.63, 3.8) is 0 Å². The molecule has 4 nitrogen and oxygen atoms in total. The summed E-state index contributed by atoms with van der Waals surface area (Å²) in [4.78, 5) is 4.25. The Morgan fingerprint density at radius 3 is 2.58 bits per heavy atom. The van der Waals surface area contributed by atoms with Crippen LogP contribution < -0.4 is 10.6 Å². The number of guanidine groups is 1. The van der Waals surface area contributed by atoms with Crippen molar-refractivity contribution in [1.82, 2.24) is 10.6 Å². The average Bonchev–Trinajstić information content (AvgIpc) is 2.65. The van der Waals surface area contributed by atoms with Gasteiger partial charge in [0.1, 0.15) is 0 Å². The van der Waals surface area contributed by atoms with E-state index in [4.69, 9.17) is 0 Å². The van der Waals surface area contributed by atoms with Crippen LogP contribution in [-0.4, -0.2) is 36.1 Å². The number of aryl methyl sites for hydroxylation is 1. The normalized spacial score (nSPS) is 13.9. The van der Waals surface area contributed by atoms with Crippen LogP contribution >= 0.6 is 0 Å². The van der Waals surface area contributed by atoms with E-state index in [1.807, 2.05) is 30.3 Å². The van der Waals surface area contributed by atoms with Crippen LogP contribution in [0, 0.1) is 6.92 Å². The molecule has 2 rings (SSSR count). The van der Waals surface area contributed by atoms with Crippen molar-refractivity contribution in [2.75, 3.05) is 25.9 Å². The molecule has 2 aromatic carbocycles. The number of aliphatic imine (C=N–C) groups is 1. The van der Waals surface area contributed by atoms with Crippen LogP contribution in [0.1, 0.15) is 29.5 Å². The minimum absolute atomic E-state index is 0.390. The van der Waals surface area contributed by atoms with E-state index in [9.17, 15) is 4.21 Å². The Morgan fingerprint density at radius 1 is 1.12 bits per heavy atom. The number of nitrogens with zero attached hydrogens (tertiary/aromatic N) is 1. The number of hydrogen-bond donors (Lipinski definition) is 2. The van der Waals surface area contributed by atoms with Gasteiger partial charge in [-0.25, -0.2) is 0 Å². The quantitative estimate of drug-likeness (QED) is 0.553. The van der Waals surface area contributed by atoms with E-state index in [0.29, 0.717) is 24.0 Å². The smallest absolute Gasteiger partial charge is 0.191 e. The molecule has 0 saturated carbocycles. The van der Waals surface area contributed by atoms with Crippen LogP contribution in [0.3, 0.4) is 0 Å². The molecule has 0 aromatic heterocycles. The number of rotatable bonds is 8. The molecule has 0 saturated heterocycles. The Bertz CT molecular complexity index is 731. The third-order valence-electron chi connectivity index (χ3n) is 4.20. The standard InChI is InChI=1S/C21H29N3OS/c1-17-8-7-11-20(14-17)18(2)15-24-21(22-3)23-12-13-26(25)16-19-9-5-4-6-10-19/h4-11,14,18H,12-13,15-16H2,1-3H3,(H2,22,23,24). The molecule has 26 heavy (non-hydrogen) atoms. The summed E-state index contributed by atoms with van der Waals surface area (Å²) in [6.45, 7) is 5.75. The van der Waals surface area contributed by atoms with E-state index < -0.39 is 10.8 Å². The van der Waals surface area contributed by atoms with Crippen LogP contribution in [0.25, 0.3) is 0 Å². The molecule has 5 heteroatoms. The lowest BCUT2D eigenvalue weighted by atomic mass is 9.99. The lowest BCUT2D eigenvalue weighted by Gasteiger charge is -2.16. The summed E-state index contributed by atoms with van der Waals surface area (Å²) in [5, 5.41) is 6.60. The van der Waals surface area contributed by atoms with E-state index in [2.05, 4.69) is 53.7 Å². The highest BCUT2D eigenvalue weighted by atomic mass is 32.2. The van der Waals surface area contributed by atoms with Gasteiger partial charge in [-0.05, 0) is 24.0 Å². The fourth-order valence-electron chi connectivity index (χ4n) is 2.68. The lowest BCUT2D eigenvalue weighted by Crippen LogP contribution is -2.40. The fraction of sp³-hybridized carbons (Fsp3) is 0.381. The monoisotopic (exact) mass is 371 g/mol. The zero-order valence-electron chi connectivity index (χ0n) is 15.9. The maximum atomic E-state index is 12.2. The second-order valence-corrected chi connectivity index (χ2v) is 8.05. The fourth-order valence-corrected chi connectivity index (χ4v) is 3.72. The topological polar surface area (TPSA) is 53.5 Å². The van der Waals surface area contributed by atoms with Gasteiger partial charge in [-0.1, -0.05) is 67.1 Å². The third kappa shape index (κ3) is 7.00. The van der Waals surface area contributed by atoms with Gasteiger partial charge >= 0.3 is 0 Å². The van der Waals surface area contributed by atoms with E-state index in [-0.39, 0.29) is 0 Å². The van der Waals surface area contributed by atoms with Gasteiger partial charge in [0.2, 0.25) is 0 Å². The summed E-state index contributed by atoms with van der Waals surface area (Å²) in [7, 11) is 0.878. The number of hydrogen-bond acceptors (Lipinski definition) is 2. The summed E-state index contributed by atoms with van der Waals surface area (Å²) in [6.07, 6.45) is 0. The van der Waals surface area contributed by atoms with E-state index in [0.717, 1.165) is 18.1 Å². The van der Waals surface area contributed by atoms with Crippen molar-refractivity contribution in [3.8, 4) is 0 Å². The molecule has 0 fully saturated rings. The van der Waals surface area contributed by atoms with Crippen molar-refractivity contribution in [2.24, 2.45) is 4.99 Å². The molecule has 2 aromatic rings. The van der Waals surface area contributed by atoms with Gasteiger partial charge in [0.15, 0.2) is 5.96 Å². The molecular weight excluding hydrogens is 342 g/mol. The van der Waals surface area contributed by atoms with Gasteiger partial charge in [-0.15, -0.1) is 0 Å². The molecule has 0 bridgehead atoms. The van der Waals surface area contributed by atoms with Gasteiger partial charge in [-0.3, -0.25) is 9.20 Å². The summed E-state index contributed by atoms with van der Waals surface area (Å²) in [6, 6.07) is 18.5. The van der Waals surface area contributed by atoms with Gasteiger partial charge in [-0.2, -0.15) is 0 Å².